The molecule has 0 fully saturated rings. The molecule has 2 aliphatic heterocycles. The van der Waals surface area contributed by atoms with Crippen LogP contribution in [0, 0.1) is 0 Å². The number of carbonyl (C=O) groups is 3. The molecular weight excluding hydrogens is 1230 g/mol. The minimum Gasteiger partial charge on any atom is -0.497 e. The van der Waals surface area contributed by atoms with Gasteiger partial charge >= 0.3 is 18.9 Å². The number of benzene rings is 8. The van der Waals surface area contributed by atoms with E-state index in [0.717, 1.165) is 38.5 Å². The highest BCUT2D eigenvalue weighted by Crippen LogP contribution is 2.57. The van der Waals surface area contributed by atoms with E-state index in [1.807, 2.05) is 0 Å². The third kappa shape index (κ3) is 10.3. The number of amides is 2. The standard InChI is InChI=1S/C59H40Cl2F6N2O15S2/c1-77-39-23-27-51(49(31-39)83-58(62,63)64)85(73,74)68-45-25-17-35(60)29-43(45)56(53(68)70,41-9-5-7-11-47(41)79-3)33-13-19-37(20-14-33)81-55(72)82-38-21-15-34(16-22-38)57(42-10-6-8-12-48(42)80-4)44-30-36(61)18-26-46(44)69(54(57)71)86(75,76)52-28-24-40(78-2)32-50(52)84-59(65,66)67/h5-32H,1-4H3. The van der Waals surface area contributed by atoms with Gasteiger partial charge in [0.15, 0.2) is 11.5 Å². The molecule has 8 aromatic carbocycles. The van der Waals surface area contributed by atoms with Crippen LogP contribution < -0.4 is 46.5 Å². The first-order valence-corrected chi connectivity index (χ1v) is 28.4. The van der Waals surface area contributed by atoms with Crippen molar-refractivity contribution in [3.63, 3.8) is 0 Å². The lowest BCUT2D eigenvalue weighted by molar-refractivity contribution is -0.276. The van der Waals surface area contributed by atoms with Crippen LogP contribution in [0.4, 0.5) is 42.5 Å². The molecule has 0 spiro atoms. The molecule has 444 valence electrons. The molecule has 2 unspecified atom stereocenters. The summed E-state index contributed by atoms with van der Waals surface area (Å²) in [5.41, 5.74) is -5.00. The summed E-state index contributed by atoms with van der Waals surface area (Å²) in [6, 6.07) is 35.0. The van der Waals surface area contributed by atoms with E-state index in [1.54, 1.807) is 12.1 Å². The van der Waals surface area contributed by atoms with Crippen LogP contribution in [0.15, 0.2) is 180 Å². The second-order valence-corrected chi connectivity index (χ2v) is 23.0. The molecule has 8 aromatic rings. The van der Waals surface area contributed by atoms with Crippen molar-refractivity contribution in [2.75, 3.05) is 37.0 Å². The predicted molar refractivity (Wildman–Crippen MR) is 297 cm³/mol. The van der Waals surface area contributed by atoms with Gasteiger partial charge in [0.25, 0.3) is 31.9 Å². The van der Waals surface area contributed by atoms with Crippen LogP contribution in [0.2, 0.25) is 10.0 Å². The topological polar surface area (TPSA) is 200 Å². The second kappa shape index (κ2) is 22.4. The predicted octanol–water partition coefficient (Wildman–Crippen LogP) is 12.5. The van der Waals surface area contributed by atoms with E-state index in [2.05, 4.69) is 9.47 Å². The molecule has 0 bridgehead atoms. The molecule has 0 aromatic heterocycles. The monoisotopic (exact) mass is 1260 g/mol. The van der Waals surface area contributed by atoms with Crippen LogP contribution in [0.3, 0.4) is 0 Å². The van der Waals surface area contributed by atoms with Gasteiger partial charge in [-0.1, -0.05) is 83.9 Å². The summed E-state index contributed by atoms with van der Waals surface area (Å²) in [4.78, 5) is 42.6. The molecule has 2 atom stereocenters. The Balaban J connectivity index is 1.00. The first kappa shape index (κ1) is 60.0. The Bertz CT molecular complexity index is 4000. The molecule has 17 nitrogen and oxygen atoms in total. The molecule has 0 N–H and O–H groups in total. The molecule has 0 aliphatic carbocycles. The van der Waals surface area contributed by atoms with Gasteiger partial charge in [-0.2, -0.15) is 0 Å². The molecule has 27 heteroatoms. The van der Waals surface area contributed by atoms with Crippen molar-refractivity contribution in [2.24, 2.45) is 0 Å². The van der Waals surface area contributed by atoms with Gasteiger partial charge in [-0.15, -0.1) is 26.3 Å². The van der Waals surface area contributed by atoms with Gasteiger partial charge in [-0.25, -0.2) is 30.2 Å². The second-order valence-electron chi connectivity index (χ2n) is 18.6. The Morgan fingerprint density at radius 1 is 0.430 bits per heavy atom. The zero-order valence-electron chi connectivity index (χ0n) is 44.5. The molecule has 0 radical (unpaired) electrons. The van der Waals surface area contributed by atoms with Crippen molar-refractivity contribution < 1.29 is 95.5 Å². The van der Waals surface area contributed by atoms with Crippen LogP contribution in [0.5, 0.6) is 46.0 Å². The lowest BCUT2D eigenvalue weighted by Gasteiger charge is -2.31. The van der Waals surface area contributed by atoms with Gasteiger partial charge in [-0.3, -0.25) is 9.59 Å². The average Bonchev–Trinajstić information content (AvgIpc) is 1.53. The molecular formula is C59H40Cl2F6N2O15S2. The molecule has 2 heterocycles. The molecule has 0 saturated carbocycles. The fraction of sp³-hybridized carbons (Fsp3) is 0.136. The van der Waals surface area contributed by atoms with Crippen LogP contribution >= 0.6 is 23.2 Å². The Morgan fingerprint density at radius 2 is 0.779 bits per heavy atom. The Hall–Kier alpha value is -9.17. The van der Waals surface area contributed by atoms with Crippen molar-refractivity contribution in [2.45, 2.75) is 33.3 Å². The van der Waals surface area contributed by atoms with Crippen molar-refractivity contribution >= 4 is 72.6 Å². The maximum absolute atomic E-state index is 15.5. The Kier molecular flexibility index (Phi) is 15.6. The van der Waals surface area contributed by atoms with Gasteiger partial charge in [0, 0.05) is 44.4 Å². The fourth-order valence-corrected chi connectivity index (χ4v) is 14.0. The van der Waals surface area contributed by atoms with E-state index in [0.29, 0.717) is 20.7 Å². The quantitative estimate of drug-likeness (QED) is 0.0502. The number of nitrogens with zero attached hydrogens (tertiary/aromatic N) is 2. The maximum atomic E-state index is 15.5. The SMILES string of the molecule is COc1ccc(S(=O)(=O)N2C(=O)C(c3ccc(OC(=O)Oc4ccc(C5(c6ccccc6OC)C(=O)N(S(=O)(=O)c6ccc(OC)cc6OC(F)(F)F)c6ccc(Cl)cc65)cc4)cc3)(c3ccccc3OC)c3cc(Cl)ccc32)c(OC(F)(F)F)c1. The number of ether oxygens (including phenoxy) is 8. The largest absolute Gasteiger partial charge is 0.573 e. The summed E-state index contributed by atoms with van der Waals surface area (Å²) in [7, 11) is -5.83. The summed E-state index contributed by atoms with van der Waals surface area (Å²) < 4.78 is 184. The van der Waals surface area contributed by atoms with Crippen LogP contribution in [-0.4, -0.2) is 76.0 Å². The first-order chi connectivity index (χ1) is 40.7. The number of fused-ring (bicyclic) bond motifs is 2. The van der Waals surface area contributed by atoms with Crippen LogP contribution in [0.1, 0.15) is 33.4 Å². The lowest BCUT2D eigenvalue weighted by atomic mass is 9.70. The lowest BCUT2D eigenvalue weighted by Crippen LogP contribution is -2.45. The van der Waals surface area contributed by atoms with E-state index < -0.39 is 82.9 Å². The minimum absolute atomic E-state index is 0.0183. The number of anilines is 2. The summed E-state index contributed by atoms with van der Waals surface area (Å²) >= 11 is 13.1. The molecule has 0 saturated heterocycles. The maximum Gasteiger partial charge on any atom is 0.573 e. The number of carbonyl (C=O) groups excluding carboxylic acids is 3. The van der Waals surface area contributed by atoms with Crippen molar-refractivity contribution in [1.29, 1.82) is 0 Å². The number of hydrogen-bond acceptors (Lipinski definition) is 15. The van der Waals surface area contributed by atoms with Crippen LogP contribution in [0.25, 0.3) is 0 Å². The van der Waals surface area contributed by atoms with Gasteiger partial charge in [0.05, 0.1) is 39.8 Å². The van der Waals surface area contributed by atoms with Gasteiger partial charge < -0.3 is 37.9 Å². The van der Waals surface area contributed by atoms with E-state index in [-0.39, 0.29) is 89.3 Å². The molecule has 2 amide bonds. The van der Waals surface area contributed by atoms with Gasteiger partial charge in [0.1, 0.15) is 55.1 Å². The zero-order valence-corrected chi connectivity index (χ0v) is 47.7. The van der Waals surface area contributed by atoms with Gasteiger partial charge in [0.2, 0.25) is 0 Å². The average molecular weight is 1270 g/mol. The normalized spacial score (nSPS) is 16.7. The van der Waals surface area contributed by atoms with Crippen molar-refractivity contribution in [1.82, 2.24) is 0 Å². The zero-order chi connectivity index (χ0) is 61.9. The highest BCUT2D eigenvalue weighted by Gasteiger charge is 2.60. The first-order valence-electron chi connectivity index (χ1n) is 24.8. The number of para-hydroxylation sites is 2. The molecule has 86 heavy (non-hydrogen) atoms. The Labute approximate surface area is 495 Å². The fourth-order valence-electron chi connectivity index (χ4n) is 10.5. The number of alkyl halides is 6. The molecule has 2 aliphatic rings. The number of methoxy groups -OCH3 is 4. The van der Waals surface area contributed by atoms with E-state index >= 15 is 9.59 Å². The summed E-state index contributed by atoms with van der Waals surface area (Å²) in [6.07, 6.45) is -12.1. The van der Waals surface area contributed by atoms with Gasteiger partial charge in [-0.05, 0) is 108 Å². The number of rotatable bonds is 16. The van der Waals surface area contributed by atoms with Crippen molar-refractivity contribution in [3.8, 4) is 46.0 Å². The number of sulfonamides is 2. The smallest absolute Gasteiger partial charge is 0.497 e. The van der Waals surface area contributed by atoms with E-state index in [4.69, 9.17) is 51.6 Å². The van der Waals surface area contributed by atoms with Crippen molar-refractivity contribution in [3.05, 3.63) is 213 Å². The number of hydrogen-bond donors (Lipinski definition) is 0. The van der Waals surface area contributed by atoms with Crippen LogP contribution in [-0.2, 0) is 40.5 Å². The third-order valence-electron chi connectivity index (χ3n) is 14.0. The third-order valence-corrected chi connectivity index (χ3v) is 17.9. The summed E-state index contributed by atoms with van der Waals surface area (Å²) in [6.45, 7) is 0. The molecule has 10 rings (SSSR count). The minimum atomic E-state index is -5.39. The van der Waals surface area contributed by atoms with E-state index in [9.17, 15) is 48.0 Å². The summed E-state index contributed by atoms with van der Waals surface area (Å²) in [5, 5.41) is 0.0407. The highest BCUT2D eigenvalue weighted by molar-refractivity contribution is 7.94. The number of halogens is 8. The van der Waals surface area contributed by atoms with E-state index in [1.165, 1.54) is 136 Å². The highest BCUT2D eigenvalue weighted by atomic mass is 35.5. The summed E-state index contributed by atoms with van der Waals surface area (Å²) in [5.74, 6) is -5.55. The Morgan fingerprint density at radius 3 is 1.12 bits per heavy atom.